The SMILES string of the molecule is CC1CCCCC1.CNC(CC1CCNC1=O)C(N)=O.NCC=O. The average molecular weight is 342 g/mol. The summed E-state index contributed by atoms with van der Waals surface area (Å²) in [5.41, 5.74) is 9.80. The van der Waals surface area contributed by atoms with E-state index in [4.69, 9.17) is 10.5 Å². The van der Waals surface area contributed by atoms with Gasteiger partial charge in [-0.05, 0) is 25.8 Å². The van der Waals surface area contributed by atoms with Crippen molar-refractivity contribution >= 4 is 18.1 Å². The van der Waals surface area contributed by atoms with Crippen LogP contribution in [0.3, 0.4) is 0 Å². The predicted octanol–water partition coefficient (Wildman–Crippen LogP) is 0.317. The van der Waals surface area contributed by atoms with Gasteiger partial charge in [-0.2, -0.15) is 0 Å². The van der Waals surface area contributed by atoms with Crippen molar-refractivity contribution < 1.29 is 14.4 Å². The fraction of sp³-hybridized carbons (Fsp3) is 0.824. The van der Waals surface area contributed by atoms with Crippen molar-refractivity contribution in [2.24, 2.45) is 23.3 Å². The van der Waals surface area contributed by atoms with Gasteiger partial charge in [0.2, 0.25) is 11.8 Å². The van der Waals surface area contributed by atoms with Crippen molar-refractivity contribution in [2.75, 3.05) is 20.1 Å². The van der Waals surface area contributed by atoms with Gasteiger partial charge < -0.3 is 26.9 Å². The number of hydrogen-bond donors (Lipinski definition) is 4. The maximum absolute atomic E-state index is 11.2. The van der Waals surface area contributed by atoms with Gasteiger partial charge in [0.05, 0.1) is 6.04 Å². The molecule has 1 heterocycles. The molecular weight excluding hydrogens is 308 g/mol. The molecule has 2 fully saturated rings. The first-order chi connectivity index (χ1) is 11.5. The molecule has 6 N–H and O–H groups in total. The highest BCUT2D eigenvalue weighted by Crippen LogP contribution is 2.22. The van der Waals surface area contributed by atoms with Gasteiger partial charge in [0.25, 0.3) is 0 Å². The van der Waals surface area contributed by atoms with Gasteiger partial charge in [-0.1, -0.05) is 39.0 Å². The molecule has 7 heteroatoms. The summed E-state index contributed by atoms with van der Waals surface area (Å²) >= 11 is 0. The summed E-state index contributed by atoms with van der Waals surface area (Å²) in [6.07, 6.45) is 9.38. The number of primary amides is 1. The topological polar surface area (TPSA) is 127 Å². The Kier molecular flexibility index (Phi) is 13.1. The van der Waals surface area contributed by atoms with E-state index in [2.05, 4.69) is 23.3 Å². The Balaban J connectivity index is 0.000000401. The van der Waals surface area contributed by atoms with Crippen LogP contribution in [0.2, 0.25) is 0 Å². The molecule has 0 radical (unpaired) electrons. The van der Waals surface area contributed by atoms with Crippen LogP contribution in [-0.2, 0) is 14.4 Å². The van der Waals surface area contributed by atoms with Crippen LogP contribution in [0.1, 0.15) is 51.9 Å². The molecule has 1 aliphatic heterocycles. The molecule has 1 saturated heterocycles. The first kappa shape index (κ1) is 22.5. The Hall–Kier alpha value is -1.47. The number of likely N-dealkylation sites (N-methyl/N-ethyl adjacent to an activating group) is 1. The van der Waals surface area contributed by atoms with Gasteiger partial charge in [-0.3, -0.25) is 9.59 Å². The van der Waals surface area contributed by atoms with Gasteiger partial charge in [-0.25, -0.2) is 0 Å². The third-order valence-corrected chi connectivity index (χ3v) is 4.37. The Morgan fingerprint density at radius 3 is 2.21 bits per heavy atom. The average Bonchev–Trinajstić information content (AvgIpc) is 2.98. The van der Waals surface area contributed by atoms with Crippen molar-refractivity contribution in [3.05, 3.63) is 0 Å². The Labute approximate surface area is 145 Å². The van der Waals surface area contributed by atoms with E-state index in [0.717, 1.165) is 12.3 Å². The zero-order valence-corrected chi connectivity index (χ0v) is 15.1. The number of amides is 2. The van der Waals surface area contributed by atoms with E-state index in [1.165, 1.54) is 32.1 Å². The molecule has 0 bridgehead atoms. The Morgan fingerprint density at radius 2 is 1.92 bits per heavy atom. The van der Waals surface area contributed by atoms with E-state index in [-0.39, 0.29) is 18.4 Å². The van der Waals surface area contributed by atoms with E-state index in [9.17, 15) is 9.59 Å². The predicted molar refractivity (Wildman–Crippen MR) is 95.1 cm³/mol. The van der Waals surface area contributed by atoms with Crippen LogP contribution in [0.25, 0.3) is 0 Å². The van der Waals surface area contributed by atoms with E-state index in [0.29, 0.717) is 19.3 Å². The van der Waals surface area contributed by atoms with Crippen LogP contribution >= 0.6 is 0 Å². The minimum absolute atomic E-state index is 0.0292. The molecule has 0 aromatic rings. The molecule has 0 aromatic heterocycles. The minimum atomic E-state index is -0.401. The molecule has 2 rings (SSSR count). The number of nitrogens with one attached hydrogen (secondary N) is 2. The largest absolute Gasteiger partial charge is 0.368 e. The molecule has 0 spiro atoms. The molecular formula is C17H34N4O3. The summed E-state index contributed by atoms with van der Waals surface area (Å²) in [5, 5.41) is 5.51. The van der Waals surface area contributed by atoms with E-state index in [1.54, 1.807) is 7.05 Å². The molecule has 1 saturated carbocycles. The highest BCUT2D eigenvalue weighted by atomic mass is 16.2. The maximum atomic E-state index is 11.2. The van der Waals surface area contributed by atoms with Gasteiger partial charge in [0.15, 0.2) is 0 Å². The molecule has 2 amide bonds. The van der Waals surface area contributed by atoms with Crippen molar-refractivity contribution in [3.8, 4) is 0 Å². The minimum Gasteiger partial charge on any atom is -0.368 e. The van der Waals surface area contributed by atoms with Crippen LogP contribution in [0, 0.1) is 11.8 Å². The molecule has 140 valence electrons. The summed E-state index contributed by atoms with van der Waals surface area (Å²) in [6, 6.07) is -0.395. The van der Waals surface area contributed by atoms with Crippen molar-refractivity contribution in [1.82, 2.24) is 10.6 Å². The number of nitrogens with two attached hydrogens (primary N) is 2. The van der Waals surface area contributed by atoms with Gasteiger partial charge in [-0.15, -0.1) is 0 Å². The zero-order chi connectivity index (χ0) is 18.4. The molecule has 7 nitrogen and oxygen atoms in total. The van der Waals surface area contributed by atoms with Crippen LogP contribution in [0.4, 0.5) is 0 Å². The van der Waals surface area contributed by atoms with Crippen LogP contribution < -0.4 is 22.1 Å². The van der Waals surface area contributed by atoms with Gasteiger partial charge in [0, 0.05) is 19.0 Å². The fourth-order valence-electron chi connectivity index (χ4n) is 2.84. The Bertz CT molecular complexity index is 371. The summed E-state index contributed by atoms with van der Waals surface area (Å²) in [5.74, 6) is 0.599. The van der Waals surface area contributed by atoms with Gasteiger partial charge in [0.1, 0.15) is 6.29 Å². The number of aldehydes is 1. The van der Waals surface area contributed by atoms with Crippen molar-refractivity contribution in [1.29, 1.82) is 0 Å². The second-order valence-corrected chi connectivity index (χ2v) is 6.40. The standard InChI is InChI=1S/C8H15N3O2.C7H14.C2H5NO/c1-10-6(7(9)12)4-5-2-3-11-8(5)13;1-7-5-3-2-4-6-7;3-1-2-4/h5-6,10H,2-4H2,1H3,(H2,9,12)(H,11,13);7H,2-6H2,1H3;2H,1,3H2. The molecule has 2 atom stereocenters. The summed E-state index contributed by atoms with van der Waals surface area (Å²) in [6.45, 7) is 3.21. The monoisotopic (exact) mass is 342 g/mol. The number of carbonyl (C=O) groups excluding carboxylic acids is 3. The lowest BCUT2D eigenvalue weighted by Gasteiger charge is -2.15. The normalized spacial score (nSPS) is 21.5. The molecule has 1 aliphatic carbocycles. The van der Waals surface area contributed by atoms with Gasteiger partial charge >= 0.3 is 0 Å². The summed E-state index contributed by atoms with van der Waals surface area (Å²) in [7, 11) is 1.67. The molecule has 0 aromatic carbocycles. The zero-order valence-electron chi connectivity index (χ0n) is 15.1. The highest BCUT2D eigenvalue weighted by molar-refractivity contribution is 5.83. The quantitative estimate of drug-likeness (QED) is 0.535. The van der Waals surface area contributed by atoms with Crippen molar-refractivity contribution in [2.45, 2.75) is 57.9 Å². The number of carbonyl (C=O) groups is 3. The molecule has 2 unspecified atom stereocenters. The van der Waals surface area contributed by atoms with Crippen LogP contribution in [0.15, 0.2) is 0 Å². The third-order valence-electron chi connectivity index (χ3n) is 4.37. The first-order valence-electron chi connectivity index (χ1n) is 8.84. The molecule has 2 aliphatic rings. The first-order valence-corrected chi connectivity index (χ1v) is 8.84. The molecule has 24 heavy (non-hydrogen) atoms. The fourth-order valence-corrected chi connectivity index (χ4v) is 2.84. The summed E-state index contributed by atoms with van der Waals surface area (Å²) in [4.78, 5) is 31.1. The number of hydrogen-bond acceptors (Lipinski definition) is 5. The van der Waals surface area contributed by atoms with E-state index < -0.39 is 11.9 Å². The van der Waals surface area contributed by atoms with E-state index >= 15 is 0 Å². The highest BCUT2D eigenvalue weighted by Gasteiger charge is 2.28. The second-order valence-electron chi connectivity index (χ2n) is 6.40. The maximum Gasteiger partial charge on any atom is 0.234 e. The smallest absolute Gasteiger partial charge is 0.234 e. The van der Waals surface area contributed by atoms with Crippen LogP contribution in [0.5, 0.6) is 0 Å². The van der Waals surface area contributed by atoms with E-state index in [1.807, 2.05) is 0 Å². The Morgan fingerprint density at radius 1 is 1.33 bits per heavy atom. The lowest BCUT2D eigenvalue weighted by Crippen LogP contribution is -2.41. The third kappa shape index (κ3) is 10.3. The number of rotatable bonds is 5. The lowest BCUT2D eigenvalue weighted by molar-refractivity contribution is -0.123. The lowest BCUT2D eigenvalue weighted by atomic mass is 9.91. The van der Waals surface area contributed by atoms with Crippen LogP contribution in [-0.4, -0.2) is 44.3 Å². The van der Waals surface area contributed by atoms with Crippen molar-refractivity contribution in [3.63, 3.8) is 0 Å². The summed E-state index contributed by atoms with van der Waals surface area (Å²) < 4.78 is 0. The second kappa shape index (κ2) is 13.9.